The van der Waals surface area contributed by atoms with Crippen LogP contribution in [0.25, 0.3) is 5.57 Å². The van der Waals surface area contributed by atoms with E-state index < -0.39 is 18.2 Å². The first kappa shape index (κ1) is 17.8. The van der Waals surface area contributed by atoms with E-state index in [1.165, 1.54) is 12.3 Å². The van der Waals surface area contributed by atoms with E-state index in [-0.39, 0.29) is 11.3 Å². The molecule has 2 aromatic rings. The Kier molecular flexibility index (Phi) is 5.39. The zero-order chi connectivity index (χ0) is 18.5. The molecule has 0 bridgehead atoms. The van der Waals surface area contributed by atoms with Crippen molar-refractivity contribution in [1.82, 2.24) is 0 Å². The van der Waals surface area contributed by atoms with Gasteiger partial charge in [-0.25, -0.2) is 9.59 Å². The quantitative estimate of drug-likeness (QED) is 0.343. The number of carbonyl (C=O) groups is 2. The number of esters is 2. The number of carbonyl (C=O) groups excluding carboxylic acids is 2. The molecule has 2 aromatic carbocycles. The van der Waals surface area contributed by atoms with Gasteiger partial charge in [-0.2, -0.15) is 0 Å². The molecule has 0 N–H and O–H groups in total. The molecule has 0 radical (unpaired) electrons. The van der Waals surface area contributed by atoms with Crippen molar-refractivity contribution in [2.45, 2.75) is 13.2 Å². The largest absolute Gasteiger partial charge is 0.458 e. The van der Waals surface area contributed by atoms with Gasteiger partial charge in [-0.3, -0.25) is 0 Å². The van der Waals surface area contributed by atoms with Crippen molar-refractivity contribution < 1.29 is 23.8 Å². The van der Waals surface area contributed by atoms with Crippen LogP contribution in [0.4, 0.5) is 0 Å². The highest BCUT2D eigenvalue weighted by Crippen LogP contribution is 2.26. The van der Waals surface area contributed by atoms with Gasteiger partial charge < -0.3 is 14.2 Å². The highest BCUT2D eigenvalue weighted by atomic mass is 35.5. The van der Waals surface area contributed by atoms with Crippen LogP contribution in [-0.2, 0) is 19.1 Å². The van der Waals surface area contributed by atoms with Crippen LogP contribution in [0, 0.1) is 0 Å². The Labute approximate surface area is 155 Å². The molecule has 1 heterocycles. The molecule has 0 fully saturated rings. The minimum Gasteiger partial charge on any atom is -0.458 e. The Balaban J connectivity index is 1.84. The van der Waals surface area contributed by atoms with Crippen LogP contribution in [0.2, 0.25) is 5.02 Å². The minimum absolute atomic E-state index is 0.166. The lowest BCUT2D eigenvalue weighted by Crippen LogP contribution is -2.14. The summed E-state index contributed by atoms with van der Waals surface area (Å²) in [4.78, 5) is 24.1. The highest BCUT2D eigenvalue weighted by Gasteiger charge is 2.24. The molecular weight excluding hydrogens is 356 g/mol. The maximum atomic E-state index is 12.6. The lowest BCUT2D eigenvalue weighted by atomic mass is 10.1. The monoisotopic (exact) mass is 370 g/mol. The predicted molar refractivity (Wildman–Crippen MR) is 96.2 cm³/mol. The molecule has 0 spiro atoms. The third-order valence-electron chi connectivity index (χ3n) is 3.60. The number of hydrogen-bond acceptors (Lipinski definition) is 5. The molecule has 3 rings (SSSR count). The standard InChI is InChI=1S/C20H15ClO5/c1-13-11-18(26-19(13)22)24-12-15(14-7-3-2-4-8-14)20(23)25-17-10-6-5-9-16(17)21/h2-12,18H,1H3/b15-12+/t18-/m0/s1. The van der Waals surface area contributed by atoms with E-state index in [1.807, 2.05) is 6.07 Å². The first-order valence-corrected chi connectivity index (χ1v) is 8.19. The lowest BCUT2D eigenvalue weighted by molar-refractivity contribution is -0.152. The molecule has 6 heteroatoms. The molecule has 26 heavy (non-hydrogen) atoms. The highest BCUT2D eigenvalue weighted by molar-refractivity contribution is 6.32. The van der Waals surface area contributed by atoms with Crippen molar-refractivity contribution in [3.8, 4) is 5.75 Å². The maximum Gasteiger partial charge on any atom is 0.347 e. The van der Waals surface area contributed by atoms with Crippen LogP contribution in [0.5, 0.6) is 5.75 Å². The van der Waals surface area contributed by atoms with Gasteiger partial charge in [0.2, 0.25) is 0 Å². The van der Waals surface area contributed by atoms with E-state index in [0.29, 0.717) is 16.2 Å². The Morgan fingerprint density at radius 3 is 2.46 bits per heavy atom. The van der Waals surface area contributed by atoms with Gasteiger partial charge >= 0.3 is 11.9 Å². The normalized spacial score (nSPS) is 16.7. The summed E-state index contributed by atoms with van der Waals surface area (Å²) in [5.41, 5.74) is 1.21. The van der Waals surface area contributed by atoms with E-state index in [9.17, 15) is 9.59 Å². The summed E-state index contributed by atoms with van der Waals surface area (Å²) in [6.07, 6.45) is 1.87. The summed E-state index contributed by atoms with van der Waals surface area (Å²) < 4.78 is 15.8. The molecule has 0 saturated heterocycles. The molecule has 1 atom stereocenters. The van der Waals surface area contributed by atoms with Crippen molar-refractivity contribution in [2.75, 3.05) is 0 Å². The second kappa shape index (κ2) is 7.89. The third kappa shape index (κ3) is 4.13. The van der Waals surface area contributed by atoms with Gasteiger partial charge in [-0.05, 0) is 24.6 Å². The Hall–Kier alpha value is -3.05. The second-order valence-corrected chi connectivity index (χ2v) is 5.88. The minimum atomic E-state index is -0.880. The van der Waals surface area contributed by atoms with Crippen LogP contribution in [-0.4, -0.2) is 18.2 Å². The van der Waals surface area contributed by atoms with Gasteiger partial charge in [-0.15, -0.1) is 0 Å². The van der Waals surface area contributed by atoms with Gasteiger partial charge in [0.25, 0.3) is 6.29 Å². The number of cyclic esters (lactones) is 1. The van der Waals surface area contributed by atoms with Gasteiger partial charge in [0.15, 0.2) is 0 Å². The van der Waals surface area contributed by atoms with Gasteiger partial charge in [0.1, 0.15) is 17.6 Å². The predicted octanol–water partition coefficient (Wildman–Crippen LogP) is 4.13. The van der Waals surface area contributed by atoms with Crippen LogP contribution in [0.1, 0.15) is 12.5 Å². The zero-order valence-corrected chi connectivity index (χ0v) is 14.6. The SMILES string of the molecule is CC1=C[C@@H](O/C=C(/C(=O)Oc2ccccc2Cl)c2ccccc2)OC1=O. The fraction of sp³-hybridized carbons (Fsp3) is 0.100. The molecule has 0 amide bonds. The van der Waals surface area contributed by atoms with Gasteiger partial charge in [0, 0.05) is 11.6 Å². The lowest BCUT2D eigenvalue weighted by Gasteiger charge is -2.12. The fourth-order valence-corrected chi connectivity index (χ4v) is 2.42. The fourth-order valence-electron chi connectivity index (χ4n) is 2.24. The third-order valence-corrected chi connectivity index (χ3v) is 3.91. The molecule has 5 nitrogen and oxygen atoms in total. The Morgan fingerprint density at radius 2 is 1.81 bits per heavy atom. The summed E-state index contributed by atoms with van der Waals surface area (Å²) >= 11 is 6.04. The van der Waals surface area contributed by atoms with Crippen molar-refractivity contribution in [3.63, 3.8) is 0 Å². The van der Waals surface area contributed by atoms with Crippen molar-refractivity contribution in [3.05, 3.63) is 83.1 Å². The summed E-state index contributed by atoms with van der Waals surface area (Å²) in [5.74, 6) is -0.860. The van der Waals surface area contributed by atoms with Crippen LogP contribution < -0.4 is 4.74 Å². The first-order chi connectivity index (χ1) is 12.5. The molecular formula is C20H15ClO5. The first-order valence-electron chi connectivity index (χ1n) is 7.82. The van der Waals surface area contributed by atoms with Gasteiger partial charge in [0.05, 0.1) is 5.02 Å². The summed E-state index contributed by atoms with van der Waals surface area (Å²) in [6.45, 7) is 1.62. The molecule has 0 aliphatic carbocycles. The maximum absolute atomic E-state index is 12.6. The van der Waals surface area contributed by atoms with Crippen molar-refractivity contribution in [2.24, 2.45) is 0 Å². The van der Waals surface area contributed by atoms with E-state index in [1.54, 1.807) is 55.5 Å². The van der Waals surface area contributed by atoms with Crippen LogP contribution >= 0.6 is 11.6 Å². The topological polar surface area (TPSA) is 61.8 Å². The van der Waals surface area contributed by atoms with Crippen LogP contribution in [0.3, 0.4) is 0 Å². The van der Waals surface area contributed by atoms with E-state index >= 15 is 0 Å². The van der Waals surface area contributed by atoms with Crippen molar-refractivity contribution >= 4 is 29.1 Å². The number of para-hydroxylation sites is 1. The number of ether oxygens (including phenoxy) is 3. The molecule has 0 aromatic heterocycles. The number of rotatable bonds is 5. The zero-order valence-electron chi connectivity index (χ0n) is 13.8. The molecule has 132 valence electrons. The Bertz CT molecular complexity index is 886. The molecule has 0 unspecified atom stereocenters. The van der Waals surface area contributed by atoms with E-state index in [4.69, 9.17) is 25.8 Å². The van der Waals surface area contributed by atoms with Crippen LogP contribution in [0.15, 0.2) is 72.5 Å². The number of halogens is 1. The molecule has 1 aliphatic rings. The van der Waals surface area contributed by atoms with E-state index in [2.05, 4.69) is 0 Å². The summed E-state index contributed by atoms with van der Waals surface area (Å²) in [7, 11) is 0. The van der Waals surface area contributed by atoms with Crippen molar-refractivity contribution in [1.29, 1.82) is 0 Å². The number of benzene rings is 2. The smallest absolute Gasteiger partial charge is 0.347 e. The number of hydrogen-bond donors (Lipinski definition) is 0. The summed E-state index contributed by atoms with van der Waals surface area (Å²) in [5, 5.41) is 0.317. The second-order valence-electron chi connectivity index (χ2n) is 5.48. The van der Waals surface area contributed by atoms with E-state index in [0.717, 1.165) is 0 Å². The average Bonchev–Trinajstić information content (AvgIpc) is 2.96. The molecule has 1 aliphatic heterocycles. The Morgan fingerprint density at radius 1 is 1.12 bits per heavy atom. The molecule has 0 saturated carbocycles. The summed E-state index contributed by atoms with van der Waals surface area (Å²) in [6, 6.07) is 15.5. The van der Waals surface area contributed by atoms with Gasteiger partial charge in [-0.1, -0.05) is 54.1 Å². The average molecular weight is 371 g/mol.